The minimum atomic E-state index is -0.0635. The van der Waals surface area contributed by atoms with Gasteiger partial charge in [-0.3, -0.25) is 4.79 Å². The molecule has 1 aromatic carbocycles. The molecule has 24 heavy (non-hydrogen) atoms. The van der Waals surface area contributed by atoms with Gasteiger partial charge in [0.2, 0.25) is 0 Å². The van der Waals surface area contributed by atoms with Crippen molar-refractivity contribution in [1.82, 2.24) is 14.9 Å². The minimum absolute atomic E-state index is 0.0635. The minimum Gasteiger partial charge on any atom is -0.339 e. The second-order valence-electron chi connectivity index (χ2n) is 6.07. The molecule has 2 aromatic rings. The van der Waals surface area contributed by atoms with Gasteiger partial charge in [0.05, 0.1) is 12.4 Å². The van der Waals surface area contributed by atoms with Crippen molar-refractivity contribution in [3.05, 3.63) is 46.3 Å². The maximum absolute atomic E-state index is 12.5. The van der Waals surface area contributed by atoms with Crippen molar-refractivity contribution in [2.75, 3.05) is 18.4 Å². The number of hydrogen-bond acceptors (Lipinski definition) is 4. The first kappa shape index (κ1) is 17.0. The molecule has 1 aliphatic heterocycles. The molecule has 1 aliphatic rings. The van der Waals surface area contributed by atoms with Gasteiger partial charge in [0, 0.05) is 28.8 Å². The first-order valence-corrected chi connectivity index (χ1v) is 8.61. The van der Waals surface area contributed by atoms with Gasteiger partial charge in [-0.15, -0.1) is 0 Å². The van der Waals surface area contributed by atoms with E-state index < -0.39 is 0 Å². The fraction of sp³-hybridized carbons (Fsp3) is 0.353. The van der Waals surface area contributed by atoms with E-state index in [1.807, 2.05) is 4.90 Å². The predicted octanol–water partition coefficient (Wildman–Crippen LogP) is 4.40. The lowest BCUT2D eigenvalue weighted by Gasteiger charge is -2.30. The lowest BCUT2D eigenvalue weighted by Crippen LogP contribution is -2.39. The summed E-state index contributed by atoms with van der Waals surface area (Å²) in [7, 11) is 0. The van der Waals surface area contributed by atoms with E-state index in [4.69, 9.17) is 23.2 Å². The molecule has 0 bridgehead atoms. The van der Waals surface area contributed by atoms with Crippen molar-refractivity contribution >= 4 is 40.6 Å². The highest BCUT2D eigenvalue weighted by Gasteiger charge is 2.23. The molecule has 2 heterocycles. The average molecular weight is 365 g/mol. The SMILES string of the molecule is CC1CCCN(C(=O)c2cnc(Nc3cc(Cl)cc(Cl)c3)cn2)C1. The zero-order chi connectivity index (χ0) is 17.1. The molecule has 5 nitrogen and oxygen atoms in total. The number of halogens is 2. The van der Waals surface area contributed by atoms with Gasteiger partial charge in [-0.25, -0.2) is 9.97 Å². The van der Waals surface area contributed by atoms with Crippen molar-refractivity contribution < 1.29 is 4.79 Å². The van der Waals surface area contributed by atoms with Crippen LogP contribution in [0.5, 0.6) is 0 Å². The van der Waals surface area contributed by atoms with Gasteiger partial charge < -0.3 is 10.2 Å². The number of aromatic nitrogens is 2. The molecule has 0 aliphatic carbocycles. The van der Waals surface area contributed by atoms with Gasteiger partial charge in [0.25, 0.3) is 5.91 Å². The Bertz CT molecular complexity index is 716. The third-order valence-electron chi connectivity index (χ3n) is 3.95. The third-order valence-corrected chi connectivity index (χ3v) is 4.39. The summed E-state index contributed by atoms with van der Waals surface area (Å²) < 4.78 is 0. The molecule has 1 aromatic heterocycles. The van der Waals surface area contributed by atoms with Crippen molar-refractivity contribution in [3.8, 4) is 0 Å². The van der Waals surface area contributed by atoms with Gasteiger partial charge in [0.1, 0.15) is 11.5 Å². The number of likely N-dealkylation sites (tertiary alicyclic amines) is 1. The number of hydrogen-bond donors (Lipinski definition) is 1. The van der Waals surface area contributed by atoms with E-state index in [0.717, 1.165) is 19.5 Å². The Kier molecular flexibility index (Phi) is 5.21. The van der Waals surface area contributed by atoms with Crippen LogP contribution in [0.3, 0.4) is 0 Å². The van der Waals surface area contributed by atoms with Crippen LogP contribution in [0.4, 0.5) is 11.5 Å². The van der Waals surface area contributed by atoms with Crippen LogP contribution >= 0.6 is 23.2 Å². The van der Waals surface area contributed by atoms with Gasteiger partial charge in [-0.1, -0.05) is 30.1 Å². The summed E-state index contributed by atoms with van der Waals surface area (Å²) >= 11 is 11.9. The van der Waals surface area contributed by atoms with E-state index in [2.05, 4.69) is 22.2 Å². The van der Waals surface area contributed by atoms with Crippen molar-refractivity contribution in [2.24, 2.45) is 5.92 Å². The quantitative estimate of drug-likeness (QED) is 0.876. The van der Waals surface area contributed by atoms with E-state index >= 15 is 0 Å². The van der Waals surface area contributed by atoms with Gasteiger partial charge in [-0.05, 0) is 37.0 Å². The number of benzene rings is 1. The van der Waals surface area contributed by atoms with Crippen LogP contribution in [0.25, 0.3) is 0 Å². The lowest BCUT2D eigenvalue weighted by atomic mass is 10.0. The number of carbonyl (C=O) groups is 1. The smallest absolute Gasteiger partial charge is 0.274 e. The van der Waals surface area contributed by atoms with Crippen LogP contribution in [0, 0.1) is 5.92 Å². The van der Waals surface area contributed by atoms with E-state index in [1.165, 1.54) is 18.8 Å². The second kappa shape index (κ2) is 7.36. The van der Waals surface area contributed by atoms with Crippen LogP contribution < -0.4 is 5.32 Å². The maximum atomic E-state index is 12.5. The Hall–Kier alpha value is -1.85. The Morgan fingerprint density at radius 2 is 1.96 bits per heavy atom. The molecule has 0 radical (unpaired) electrons. The predicted molar refractivity (Wildman–Crippen MR) is 96.1 cm³/mol. The summed E-state index contributed by atoms with van der Waals surface area (Å²) in [6.45, 7) is 3.72. The molecule has 0 saturated carbocycles. The molecule has 1 atom stereocenters. The van der Waals surface area contributed by atoms with Crippen LogP contribution in [0.15, 0.2) is 30.6 Å². The van der Waals surface area contributed by atoms with E-state index in [-0.39, 0.29) is 5.91 Å². The molecule has 1 fully saturated rings. The van der Waals surface area contributed by atoms with Gasteiger partial charge >= 0.3 is 0 Å². The Morgan fingerprint density at radius 1 is 1.21 bits per heavy atom. The summed E-state index contributed by atoms with van der Waals surface area (Å²) in [5, 5.41) is 4.13. The monoisotopic (exact) mass is 364 g/mol. The number of rotatable bonds is 3. The van der Waals surface area contributed by atoms with E-state index in [9.17, 15) is 4.79 Å². The van der Waals surface area contributed by atoms with Crippen LogP contribution in [-0.4, -0.2) is 33.9 Å². The molecular formula is C17H18Cl2N4O. The van der Waals surface area contributed by atoms with E-state index in [0.29, 0.717) is 33.2 Å². The van der Waals surface area contributed by atoms with Crippen molar-refractivity contribution in [3.63, 3.8) is 0 Å². The Balaban J connectivity index is 1.69. The van der Waals surface area contributed by atoms with Gasteiger partial charge in [-0.2, -0.15) is 0 Å². The normalized spacial score (nSPS) is 17.6. The molecule has 126 valence electrons. The molecular weight excluding hydrogens is 347 g/mol. The molecule has 1 N–H and O–H groups in total. The highest BCUT2D eigenvalue weighted by atomic mass is 35.5. The Morgan fingerprint density at radius 3 is 2.58 bits per heavy atom. The topological polar surface area (TPSA) is 58.1 Å². The summed E-state index contributed by atoms with van der Waals surface area (Å²) in [5.74, 6) is 0.993. The number of nitrogens with one attached hydrogen (secondary N) is 1. The largest absolute Gasteiger partial charge is 0.339 e. The van der Waals surface area contributed by atoms with Gasteiger partial charge in [0.15, 0.2) is 0 Å². The molecule has 0 spiro atoms. The van der Waals surface area contributed by atoms with Crippen molar-refractivity contribution in [1.29, 1.82) is 0 Å². The zero-order valence-electron chi connectivity index (χ0n) is 13.3. The number of carbonyl (C=O) groups excluding carboxylic acids is 1. The maximum Gasteiger partial charge on any atom is 0.274 e. The number of amides is 1. The number of anilines is 2. The first-order valence-electron chi connectivity index (χ1n) is 7.86. The van der Waals surface area contributed by atoms with Crippen LogP contribution in [0.2, 0.25) is 10.0 Å². The van der Waals surface area contributed by atoms with E-state index in [1.54, 1.807) is 18.2 Å². The molecule has 1 unspecified atom stereocenters. The van der Waals surface area contributed by atoms with Crippen LogP contribution in [0.1, 0.15) is 30.3 Å². The summed E-state index contributed by atoms with van der Waals surface area (Å²) in [5.41, 5.74) is 1.07. The first-order chi connectivity index (χ1) is 11.5. The second-order valence-corrected chi connectivity index (χ2v) is 6.94. The number of nitrogens with zero attached hydrogens (tertiary/aromatic N) is 3. The zero-order valence-corrected chi connectivity index (χ0v) is 14.8. The third kappa shape index (κ3) is 4.16. The summed E-state index contributed by atoms with van der Waals surface area (Å²) in [6, 6.07) is 5.13. The number of piperidine rings is 1. The van der Waals surface area contributed by atoms with Crippen LogP contribution in [-0.2, 0) is 0 Å². The molecule has 1 amide bonds. The van der Waals surface area contributed by atoms with Crippen molar-refractivity contribution in [2.45, 2.75) is 19.8 Å². The molecule has 1 saturated heterocycles. The molecule has 3 rings (SSSR count). The molecule has 7 heteroatoms. The Labute approximate surface area is 151 Å². The fourth-order valence-electron chi connectivity index (χ4n) is 2.81. The standard InChI is InChI=1S/C17H18Cl2N4O/c1-11-3-2-4-23(10-11)17(24)15-8-21-16(9-20-15)22-14-6-12(18)5-13(19)7-14/h5-9,11H,2-4,10H2,1H3,(H,21,22). The summed E-state index contributed by atoms with van der Waals surface area (Å²) in [4.78, 5) is 22.8. The summed E-state index contributed by atoms with van der Waals surface area (Å²) in [6.07, 6.45) is 5.24. The average Bonchev–Trinajstić information content (AvgIpc) is 2.54. The lowest BCUT2D eigenvalue weighted by molar-refractivity contribution is 0.0676. The highest BCUT2D eigenvalue weighted by Crippen LogP contribution is 2.24. The fourth-order valence-corrected chi connectivity index (χ4v) is 3.34. The highest BCUT2D eigenvalue weighted by molar-refractivity contribution is 6.35.